The van der Waals surface area contributed by atoms with Crippen LogP contribution in [0.15, 0.2) is 18.2 Å². The molecule has 1 N–H and O–H groups in total. The van der Waals surface area contributed by atoms with Gasteiger partial charge < -0.3 is 5.32 Å². The summed E-state index contributed by atoms with van der Waals surface area (Å²) in [6, 6.07) is 5.15. The smallest absolute Gasteiger partial charge is 0.142 e. The molecule has 0 saturated carbocycles. The predicted molar refractivity (Wildman–Crippen MR) is 65.4 cm³/mol. The first-order chi connectivity index (χ1) is 7.51. The molecule has 1 aromatic rings. The Kier molecular flexibility index (Phi) is 3.22. The van der Waals surface area contributed by atoms with E-state index in [0.29, 0.717) is 5.92 Å². The lowest BCUT2D eigenvalue weighted by molar-refractivity contribution is 0.342. The zero-order valence-electron chi connectivity index (χ0n) is 9.69. The lowest BCUT2D eigenvalue weighted by atomic mass is 9.73. The zero-order chi connectivity index (χ0) is 11.8. The van der Waals surface area contributed by atoms with Gasteiger partial charge in [-0.15, -0.1) is 0 Å². The van der Waals surface area contributed by atoms with Crippen molar-refractivity contribution in [1.29, 1.82) is 0 Å². The van der Waals surface area contributed by atoms with Crippen LogP contribution in [0.3, 0.4) is 0 Å². The van der Waals surface area contributed by atoms with Gasteiger partial charge in [-0.3, -0.25) is 0 Å². The lowest BCUT2D eigenvalue weighted by Gasteiger charge is -2.31. The third-order valence-corrected chi connectivity index (χ3v) is 4.05. The summed E-state index contributed by atoms with van der Waals surface area (Å²) < 4.78 is 13.4. The minimum Gasteiger partial charge on any atom is -0.316 e. The molecule has 0 amide bonds. The SMILES string of the molecule is CC(C)(c1ccc(Cl)c(F)c1)C1CCNC1. The molecule has 1 saturated heterocycles. The number of hydrogen-bond donors (Lipinski definition) is 1. The second kappa shape index (κ2) is 4.34. The maximum Gasteiger partial charge on any atom is 0.142 e. The van der Waals surface area contributed by atoms with Gasteiger partial charge in [0.2, 0.25) is 0 Å². The van der Waals surface area contributed by atoms with E-state index in [4.69, 9.17) is 11.6 Å². The van der Waals surface area contributed by atoms with Crippen molar-refractivity contribution in [3.63, 3.8) is 0 Å². The van der Waals surface area contributed by atoms with Crippen LogP contribution >= 0.6 is 11.6 Å². The molecule has 1 nitrogen and oxygen atoms in total. The van der Waals surface area contributed by atoms with Gasteiger partial charge in [0, 0.05) is 0 Å². The van der Waals surface area contributed by atoms with Crippen LogP contribution in [0.1, 0.15) is 25.8 Å². The van der Waals surface area contributed by atoms with Crippen molar-refractivity contribution in [2.75, 3.05) is 13.1 Å². The average Bonchev–Trinajstić information content (AvgIpc) is 2.75. The van der Waals surface area contributed by atoms with Gasteiger partial charge in [-0.05, 0) is 48.5 Å². The maximum absolute atomic E-state index is 13.4. The van der Waals surface area contributed by atoms with Gasteiger partial charge in [-0.1, -0.05) is 31.5 Å². The van der Waals surface area contributed by atoms with E-state index in [9.17, 15) is 4.39 Å². The normalized spacial score (nSPS) is 21.4. The molecular weight excluding hydrogens is 225 g/mol. The van der Waals surface area contributed by atoms with Crippen molar-refractivity contribution in [2.24, 2.45) is 5.92 Å². The molecule has 16 heavy (non-hydrogen) atoms. The van der Waals surface area contributed by atoms with Crippen LogP contribution in [0.2, 0.25) is 5.02 Å². The van der Waals surface area contributed by atoms with E-state index in [2.05, 4.69) is 19.2 Å². The fourth-order valence-electron chi connectivity index (χ4n) is 2.40. The zero-order valence-corrected chi connectivity index (χ0v) is 10.4. The molecule has 2 rings (SSSR count). The molecule has 3 heteroatoms. The minimum absolute atomic E-state index is 0.00503. The highest BCUT2D eigenvalue weighted by Crippen LogP contribution is 2.36. The molecule has 1 fully saturated rings. The van der Waals surface area contributed by atoms with Crippen LogP contribution in [0.4, 0.5) is 4.39 Å². The molecule has 88 valence electrons. The number of halogens is 2. The second-order valence-corrected chi connectivity index (χ2v) is 5.45. The van der Waals surface area contributed by atoms with E-state index < -0.39 is 0 Å². The van der Waals surface area contributed by atoms with Crippen molar-refractivity contribution >= 4 is 11.6 Å². The van der Waals surface area contributed by atoms with E-state index in [1.807, 2.05) is 6.07 Å². The van der Waals surface area contributed by atoms with E-state index in [-0.39, 0.29) is 16.3 Å². The molecule has 0 spiro atoms. The summed E-state index contributed by atoms with van der Waals surface area (Å²) >= 11 is 5.70. The third kappa shape index (κ3) is 2.09. The maximum atomic E-state index is 13.4. The molecule has 1 aliphatic heterocycles. The molecule has 1 unspecified atom stereocenters. The highest BCUT2D eigenvalue weighted by molar-refractivity contribution is 6.30. The molecule has 0 aliphatic carbocycles. The van der Waals surface area contributed by atoms with Gasteiger partial charge in [0.25, 0.3) is 0 Å². The number of nitrogens with one attached hydrogen (secondary N) is 1. The summed E-state index contributed by atoms with van der Waals surface area (Å²) in [5, 5.41) is 3.55. The van der Waals surface area contributed by atoms with Gasteiger partial charge in [-0.25, -0.2) is 4.39 Å². The van der Waals surface area contributed by atoms with Gasteiger partial charge in [0.1, 0.15) is 5.82 Å². The first kappa shape index (κ1) is 11.9. The van der Waals surface area contributed by atoms with Crippen LogP contribution in [0, 0.1) is 11.7 Å². The summed E-state index contributed by atoms with van der Waals surface area (Å²) in [7, 11) is 0. The largest absolute Gasteiger partial charge is 0.316 e. The van der Waals surface area contributed by atoms with E-state index in [0.717, 1.165) is 25.1 Å². The molecule has 0 aromatic heterocycles. The Hall–Kier alpha value is -0.600. The lowest BCUT2D eigenvalue weighted by Crippen LogP contribution is -2.30. The topological polar surface area (TPSA) is 12.0 Å². The minimum atomic E-state index is -0.321. The number of rotatable bonds is 2. The van der Waals surface area contributed by atoms with Crippen LogP contribution in [0.5, 0.6) is 0 Å². The quantitative estimate of drug-likeness (QED) is 0.837. The van der Waals surface area contributed by atoms with Crippen LogP contribution < -0.4 is 5.32 Å². The van der Waals surface area contributed by atoms with Gasteiger partial charge in [0.15, 0.2) is 0 Å². The standard InChI is InChI=1S/C13H17ClFN/c1-13(2,10-5-6-16-8-10)9-3-4-11(14)12(15)7-9/h3-4,7,10,16H,5-6,8H2,1-2H3. The summed E-state index contributed by atoms with van der Waals surface area (Å²) in [4.78, 5) is 0. The monoisotopic (exact) mass is 241 g/mol. The Balaban J connectivity index is 2.30. The van der Waals surface area contributed by atoms with Crippen molar-refractivity contribution in [3.8, 4) is 0 Å². The summed E-state index contributed by atoms with van der Waals surface area (Å²) in [6.45, 7) is 6.42. The average molecular weight is 242 g/mol. The Morgan fingerprint density at radius 1 is 1.44 bits per heavy atom. The second-order valence-electron chi connectivity index (χ2n) is 5.04. The van der Waals surface area contributed by atoms with E-state index in [1.165, 1.54) is 0 Å². The van der Waals surface area contributed by atoms with Gasteiger partial charge in [0.05, 0.1) is 5.02 Å². The number of hydrogen-bond acceptors (Lipinski definition) is 1. The van der Waals surface area contributed by atoms with E-state index in [1.54, 1.807) is 12.1 Å². The molecule has 0 bridgehead atoms. The van der Waals surface area contributed by atoms with Crippen LogP contribution in [-0.4, -0.2) is 13.1 Å². The Bertz CT molecular complexity index is 384. The molecule has 0 radical (unpaired) electrons. The summed E-state index contributed by atoms with van der Waals surface area (Å²) in [6.07, 6.45) is 1.15. The molecular formula is C13H17ClFN. The van der Waals surface area contributed by atoms with Gasteiger partial charge >= 0.3 is 0 Å². The molecule has 1 atom stereocenters. The predicted octanol–water partition coefficient (Wildman–Crippen LogP) is 3.37. The van der Waals surface area contributed by atoms with Crippen molar-refractivity contribution in [1.82, 2.24) is 5.32 Å². The molecule has 1 heterocycles. The Morgan fingerprint density at radius 2 is 2.19 bits per heavy atom. The first-order valence-electron chi connectivity index (χ1n) is 5.68. The first-order valence-corrected chi connectivity index (χ1v) is 6.06. The van der Waals surface area contributed by atoms with Crippen molar-refractivity contribution < 1.29 is 4.39 Å². The highest BCUT2D eigenvalue weighted by atomic mass is 35.5. The van der Waals surface area contributed by atoms with E-state index >= 15 is 0 Å². The van der Waals surface area contributed by atoms with Crippen molar-refractivity contribution in [3.05, 3.63) is 34.6 Å². The molecule has 1 aliphatic rings. The van der Waals surface area contributed by atoms with Crippen LogP contribution in [-0.2, 0) is 5.41 Å². The van der Waals surface area contributed by atoms with Crippen LogP contribution in [0.25, 0.3) is 0 Å². The van der Waals surface area contributed by atoms with Gasteiger partial charge in [-0.2, -0.15) is 0 Å². The molecule has 1 aromatic carbocycles. The Morgan fingerprint density at radius 3 is 2.75 bits per heavy atom. The highest BCUT2D eigenvalue weighted by Gasteiger charge is 2.33. The third-order valence-electron chi connectivity index (χ3n) is 3.74. The number of benzene rings is 1. The summed E-state index contributed by atoms with van der Waals surface area (Å²) in [5.74, 6) is 0.242. The fourth-order valence-corrected chi connectivity index (χ4v) is 2.52. The Labute approximate surface area is 101 Å². The fraction of sp³-hybridized carbons (Fsp3) is 0.538. The van der Waals surface area contributed by atoms with Crippen molar-refractivity contribution in [2.45, 2.75) is 25.7 Å². The summed E-state index contributed by atoms with van der Waals surface area (Å²) in [5.41, 5.74) is 1.03.